The number of nitrogens with one attached hydrogen (secondary N) is 1. The SMILES string of the molecule is COc1cccc(C2NC(=O)N(CCC(C)C)C(C)=C2c2nc(-c3ccc(C)cc3)no2)c1. The summed E-state index contributed by atoms with van der Waals surface area (Å²) in [5, 5.41) is 7.37. The van der Waals surface area contributed by atoms with E-state index in [0.717, 1.165) is 34.4 Å². The third-order valence-corrected chi connectivity index (χ3v) is 5.92. The second-order valence-electron chi connectivity index (χ2n) is 8.78. The summed E-state index contributed by atoms with van der Waals surface area (Å²) in [7, 11) is 1.63. The molecule has 0 fully saturated rings. The minimum atomic E-state index is -0.436. The molecule has 4 rings (SSSR count). The molecular formula is C26H30N4O3. The largest absolute Gasteiger partial charge is 0.497 e. The topological polar surface area (TPSA) is 80.5 Å². The summed E-state index contributed by atoms with van der Waals surface area (Å²) in [5.41, 5.74) is 4.53. The van der Waals surface area contributed by atoms with Gasteiger partial charge in [-0.2, -0.15) is 4.98 Å². The molecular weight excluding hydrogens is 416 g/mol. The molecule has 1 aliphatic heterocycles. The van der Waals surface area contributed by atoms with Crippen LogP contribution >= 0.6 is 0 Å². The number of benzene rings is 2. The number of methoxy groups -OCH3 is 1. The average Bonchev–Trinajstić information content (AvgIpc) is 3.28. The molecule has 0 aliphatic carbocycles. The Morgan fingerprint density at radius 3 is 2.61 bits per heavy atom. The van der Waals surface area contributed by atoms with Crippen molar-refractivity contribution in [2.75, 3.05) is 13.7 Å². The van der Waals surface area contributed by atoms with Crippen molar-refractivity contribution in [2.45, 2.75) is 40.2 Å². The summed E-state index contributed by atoms with van der Waals surface area (Å²) in [5.74, 6) is 2.10. The van der Waals surface area contributed by atoms with Crippen molar-refractivity contribution in [1.82, 2.24) is 20.4 Å². The number of rotatable bonds is 7. The number of allylic oxidation sites excluding steroid dienone is 1. The molecule has 33 heavy (non-hydrogen) atoms. The van der Waals surface area contributed by atoms with Crippen LogP contribution in [0.4, 0.5) is 4.79 Å². The zero-order valence-electron chi connectivity index (χ0n) is 19.8. The van der Waals surface area contributed by atoms with Crippen LogP contribution < -0.4 is 10.1 Å². The Balaban J connectivity index is 1.79. The number of ether oxygens (including phenoxy) is 1. The van der Waals surface area contributed by atoms with Crippen molar-refractivity contribution in [1.29, 1.82) is 0 Å². The monoisotopic (exact) mass is 446 g/mol. The lowest BCUT2D eigenvalue weighted by molar-refractivity contribution is 0.202. The van der Waals surface area contributed by atoms with Gasteiger partial charge in [0, 0.05) is 17.8 Å². The standard InChI is InChI=1S/C26H30N4O3/c1-16(2)13-14-30-18(4)22(23(27-26(30)31)20-7-6-8-21(15-20)32-5)25-28-24(29-33-25)19-11-9-17(3)10-12-19/h6-12,15-16,23H,13-14H2,1-5H3,(H,27,31). The lowest BCUT2D eigenvalue weighted by atomic mass is 9.94. The van der Waals surface area contributed by atoms with Crippen LogP contribution in [0.25, 0.3) is 17.0 Å². The van der Waals surface area contributed by atoms with Crippen LogP contribution in [-0.2, 0) is 0 Å². The van der Waals surface area contributed by atoms with Gasteiger partial charge in [-0.3, -0.25) is 4.90 Å². The first kappa shape index (κ1) is 22.6. The first-order chi connectivity index (χ1) is 15.9. The maximum atomic E-state index is 13.1. The molecule has 0 spiro atoms. The molecule has 7 nitrogen and oxygen atoms in total. The molecule has 2 heterocycles. The summed E-state index contributed by atoms with van der Waals surface area (Å²) in [6.45, 7) is 8.88. The molecule has 2 aromatic carbocycles. The third kappa shape index (κ3) is 4.77. The molecule has 1 aromatic heterocycles. The number of amides is 2. The second-order valence-corrected chi connectivity index (χ2v) is 8.78. The van der Waals surface area contributed by atoms with Crippen LogP contribution in [0, 0.1) is 12.8 Å². The molecule has 0 saturated heterocycles. The van der Waals surface area contributed by atoms with E-state index in [1.54, 1.807) is 12.0 Å². The van der Waals surface area contributed by atoms with Gasteiger partial charge in [-0.1, -0.05) is 61.0 Å². The van der Waals surface area contributed by atoms with E-state index in [1.165, 1.54) is 0 Å². The predicted molar refractivity (Wildman–Crippen MR) is 127 cm³/mol. The van der Waals surface area contributed by atoms with Crippen molar-refractivity contribution in [2.24, 2.45) is 5.92 Å². The normalized spacial score (nSPS) is 16.4. The highest BCUT2D eigenvalue weighted by Crippen LogP contribution is 2.38. The molecule has 0 saturated carbocycles. The smallest absolute Gasteiger partial charge is 0.322 e. The molecule has 0 radical (unpaired) electrons. The Labute approximate surface area is 194 Å². The van der Waals surface area contributed by atoms with Crippen LogP contribution in [0.15, 0.2) is 58.8 Å². The number of hydrogen-bond donors (Lipinski definition) is 1. The lowest BCUT2D eigenvalue weighted by Crippen LogP contribution is -2.46. The number of nitrogens with zero attached hydrogens (tertiary/aromatic N) is 3. The molecule has 1 N–H and O–H groups in total. The number of aromatic nitrogens is 2. The number of carbonyl (C=O) groups excluding carboxylic acids is 1. The lowest BCUT2D eigenvalue weighted by Gasteiger charge is -2.35. The molecule has 1 atom stereocenters. The van der Waals surface area contributed by atoms with Crippen molar-refractivity contribution in [3.63, 3.8) is 0 Å². The maximum Gasteiger partial charge on any atom is 0.322 e. The fourth-order valence-electron chi connectivity index (χ4n) is 3.94. The van der Waals surface area contributed by atoms with Gasteiger partial charge in [-0.25, -0.2) is 4.79 Å². The zero-order valence-corrected chi connectivity index (χ0v) is 19.8. The minimum absolute atomic E-state index is 0.136. The first-order valence-electron chi connectivity index (χ1n) is 11.2. The third-order valence-electron chi connectivity index (χ3n) is 5.92. The van der Waals surface area contributed by atoms with Gasteiger partial charge in [0.2, 0.25) is 5.82 Å². The number of carbonyl (C=O) groups is 1. The van der Waals surface area contributed by atoms with Crippen molar-refractivity contribution in [3.8, 4) is 17.1 Å². The van der Waals surface area contributed by atoms with Crippen LogP contribution in [0.3, 0.4) is 0 Å². The van der Waals surface area contributed by atoms with E-state index < -0.39 is 6.04 Å². The van der Waals surface area contributed by atoms with E-state index in [1.807, 2.05) is 62.4 Å². The van der Waals surface area contributed by atoms with Gasteiger partial charge in [0.25, 0.3) is 5.89 Å². The first-order valence-corrected chi connectivity index (χ1v) is 11.2. The fourth-order valence-corrected chi connectivity index (χ4v) is 3.94. The Hall–Kier alpha value is -3.61. The van der Waals surface area contributed by atoms with Gasteiger partial charge in [0.15, 0.2) is 0 Å². The highest BCUT2D eigenvalue weighted by Gasteiger charge is 2.35. The molecule has 3 aromatic rings. The number of hydrogen-bond acceptors (Lipinski definition) is 5. The molecule has 1 aliphatic rings. The van der Waals surface area contributed by atoms with E-state index in [2.05, 4.69) is 24.3 Å². The summed E-state index contributed by atoms with van der Waals surface area (Å²) < 4.78 is 11.2. The van der Waals surface area contributed by atoms with Crippen molar-refractivity contribution in [3.05, 3.63) is 71.2 Å². The fraction of sp³-hybridized carbons (Fsp3) is 0.346. The molecule has 2 amide bonds. The molecule has 0 bridgehead atoms. The summed E-state index contributed by atoms with van der Waals surface area (Å²) in [6, 6.07) is 15.1. The van der Waals surface area contributed by atoms with E-state index >= 15 is 0 Å². The Morgan fingerprint density at radius 2 is 1.91 bits per heavy atom. The summed E-state index contributed by atoms with van der Waals surface area (Å²) in [6.07, 6.45) is 0.889. The van der Waals surface area contributed by atoms with Gasteiger partial charge in [-0.15, -0.1) is 0 Å². The molecule has 172 valence electrons. The zero-order chi connectivity index (χ0) is 23.5. The van der Waals surface area contributed by atoms with Crippen LogP contribution in [0.1, 0.15) is 50.3 Å². The Morgan fingerprint density at radius 1 is 1.15 bits per heavy atom. The maximum absolute atomic E-state index is 13.1. The van der Waals surface area contributed by atoms with Gasteiger partial charge in [0.05, 0.1) is 18.7 Å². The van der Waals surface area contributed by atoms with E-state index in [4.69, 9.17) is 14.2 Å². The van der Waals surface area contributed by atoms with Gasteiger partial charge in [-0.05, 0) is 43.9 Å². The average molecular weight is 447 g/mol. The minimum Gasteiger partial charge on any atom is -0.497 e. The Kier molecular flexibility index (Phi) is 6.49. The van der Waals surface area contributed by atoms with Gasteiger partial charge < -0.3 is 14.6 Å². The van der Waals surface area contributed by atoms with Crippen LogP contribution in [0.2, 0.25) is 0 Å². The predicted octanol–water partition coefficient (Wildman–Crippen LogP) is 5.60. The second kappa shape index (κ2) is 9.48. The molecule has 7 heteroatoms. The highest BCUT2D eigenvalue weighted by molar-refractivity contribution is 5.87. The van der Waals surface area contributed by atoms with Crippen molar-refractivity contribution >= 4 is 11.6 Å². The molecule has 1 unspecified atom stereocenters. The highest BCUT2D eigenvalue weighted by atomic mass is 16.5. The quantitative estimate of drug-likeness (QED) is 0.511. The number of aryl methyl sites for hydroxylation is 1. The number of urea groups is 1. The van der Waals surface area contributed by atoms with Crippen molar-refractivity contribution < 1.29 is 14.1 Å². The Bertz CT molecular complexity index is 1160. The van der Waals surface area contributed by atoms with E-state index in [0.29, 0.717) is 29.9 Å². The summed E-state index contributed by atoms with van der Waals surface area (Å²) in [4.78, 5) is 19.6. The van der Waals surface area contributed by atoms with Crippen LogP contribution in [-0.4, -0.2) is 34.7 Å². The summed E-state index contributed by atoms with van der Waals surface area (Å²) >= 11 is 0. The van der Waals surface area contributed by atoms with E-state index in [9.17, 15) is 4.79 Å². The van der Waals surface area contributed by atoms with Crippen LogP contribution in [0.5, 0.6) is 5.75 Å². The van der Waals surface area contributed by atoms with Gasteiger partial charge in [0.1, 0.15) is 5.75 Å². The van der Waals surface area contributed by atoms with E-state index in [-0.39, 0.29) is 6.03 Å². The van der Waals surface area contributed by atoms with Gasteiger partial charge >= 0.3 is 6.03 Å².